The number of aryl methyl sites for hydroxylation is 1. The van der Waals surface area contributed by atoms with Gasteiger partial charge in [-0.25, -0.2) is 4.52 Å². The highest BCUT2D eigenvalue weighted by atomic mass is 35.5. The van der Waals surface area contributed by atoms with E-state index in [0.29, 0.717) is 23.8 Å². The van der Waals surface area contributed by atoms with Crippen molar-refractivity contribution in [1.29, 1.82) is 0 Å². The first kappa shape index (κ1) is 19.1. The molecule has 1 aromatic carbocycles. The Morgan fingerprint density at radius 3 is 2.67 bits per heavy atom. The number of carbonyl (C=O) groups excluding carboxylic acids is 1. The normalized spacial score (nSPS) is 15.3. The van der Waals surface area contributed by atoms with Gasteiger partial charge in [-0.2, -0.15) is 5.10 Å². The van der Waals surface area contributed by atoms with Crippen LogP contribution in [-0.4, -0.2) is 48.1 Å². The van der Waals surface area contributed by atoms with Crippen LogP contribution in [0, 0.1) is 5.92 Å². The maximum atomic E-state index is 12.6. The molecule has 0 atom stereocenters. The second kappa shape index (κ2) is 7.72. The van der Waals surface area contributed by atoms with Gasteiger partial charge in [-0.15, -0.1) is 10.2 Å². The molecule has 4 aromatic rings. The monoisotopic (exact) mass is 422 g/mol. The average molecular weight is 423 g/mol. The number of benzene rings is 1. The molecule has 1 saturated heterocycles. The zero-order valence-electron chi connectivity index (χ0n) is 16.8. The molecule has 0 unspecified atom stereocenters. The second-order valence-electron chi connectivity index (χ2n) is 8.04. The number of aromatic nitrogens is 5. The van der Waals surface area contributed by atoms with Crippen LogP contribution in [-0.2, 0) is 11.2 Å². The third-order valence-electron chi connectivity index (χ3n) is 5.93. The van der Waals surface area contributed by atoms with Gasteiger partial charge < -0.3 is 4.90 Å². The maximum absolute atomic E-state index is 12.6. The number of fused-ring (bicyclic) bond motifs is 3. The van der Waals surface area contributed by atoms with Gasteiger partial charge in [0.25, 0.3) is 0 Å². The van der Waals surface area contributed by atoms with Crippen molar-refractivity contribution in [3.8, 4) is 11.3 Å². The fourth-order valence-corrected chi connectivity index (χ4v) is 4.15. The second-order valence-corrected chi connectivity index (χ2v) is 8.47. The highest BCUT2D eigenvalue weighted by Crippen LogP contribution is 2.24. The van der Waals surface area contributed by atoms with Gasteiger partial charge in [-0.05, 0) is 37.0 Å². The van der Waals surface area contributed by atoms with E-state index in [9.17, 15) is 4.79 Å². The SMILES string of the molecule is CC1CCN(C(=O)CCc2nnc3c4cc(-c5ccc(Cl)cc5)nn4ccn23)CC1. The van der Waals surface area contributed by atoms with Gasteiger partial charge in [-0.3, -0.25) is 9.20 Å². The van der Waals surface area contributed by atoms with Crippen LogP contribution in [0.15, 0.2) is 42.7 Å². The predicted molar refractivity (Wildman–Crippen MR) is 115 cm³/mol. The Hall–Kier alpha value is -2.93. The van der Waals surface area contributed by atoms with Crippen molar-refractivity contribution in [1.82, 2.24) is 29.1 Å². The summed E-state index contributed by atoms with van der Waals surface area (Å²) in [4.78, 5) is 14.6. The van der Waals surface area contributed by atoms with Crippen molar-refractivity contribution in [3.05, 3.63) is 53.6 Å². The number of hydrogen-bond acceptors (Lipinski definition) is 4. The van der Waals surface area contributed by atoms with Crippen LogP contribution in [0.1, 0.15) is 32.0 Å². The van der Waals surface area contributed by atoms with Gasteiger partial charge in [0.2, 0.25) is 5.91 Å². The zero-order chi connectivity index (χ0) is 20.7. The Kier molecular flexibility index (Phi) is 4.90. The molecule has 0 N–H and O–H groups in total. The number of piperidine rings is 1. The maximum Gasteiger partial charge on any atom is 0.223 e. The lowest BCUT2D eigenvalue weighted by Gasteiger charge is -2.30. The lowest BCUT2D eigenvalue weighted by molar-refractivity contribution is -0.132. The third kappa shape index (κ3) is 3.54. The molecule has 1 aliphatic heterocycles. The minimum atomic E-state index is 0.203. The van der Waals surface area contributed by atoms with Crippen LogP contribution >= 0.6 is 11.6 Å². The predicted octanol–water partition coefficient (Wildman–Crippen LogP) is 3.89. The minimum Gasteiger partial charge on any atom is -0.343 e. The summed E-state index contributed by atoms with van der Waals surface area (Å²) in [6.07, 6.45) is 7.01. The molecule has 0 saturated carbocycles. The number of likely N-dealkylation sites (tertiary alicyclic amines) is 1. The van der Waals surface area contributed by atoms with E-state index in [1.807, 2.05) is 52.0 Å². The van der Waals surface area contributed by atoms with Crippen LogP contribution in [0.3, 0.4) is 0 Å². The van der Waals surface area contributed by atoms with Crippen LogP contribution in [0.25, 0.3) is 22.4 Å². The summed E-state index contributed by atoms with van der Waals surface area (Å²) < 4.78 is 3.76. The highest BCUT2D eigenvalue weighted by molar-refractivity contribution is 6.30. The smallest absolute Gasteiger partial charge is 0.223 e. The molecule has 1 amide bonds. The number of carbonyl (C=O) groups is 1. The van der Waals surface area contributed by atoms with E-state index >= 15 is 0 Å². The Morgan fingerprint density at radius 1 is 1.13 bits per heavy atom. The van der Waals surface area contributed by atoms with E-state index < -0.39 is 0 Å². The number of rotatable bonds is 4. The molecule has 1 aliphatic rings. The molecule has 3 aromatic heterocycles. The summed E-state index contributed by atoms with van der Waals surface area (Å²) in [6, 6.07) is 9.60. The van der Waals surface area contributed by atoms with E-state index in [-0.39, 0.29) is 5.91 Å². The first-order valence-electron chi connectivity index (χ1n) is 10.3. The van der Waals surface area contributed by atoms with E-state index in [1.54, 1.807) is 4.52 Å². The van der Waals surface area contributed by atoms with Crippen LogP contribution in [0.5, 0.6) is 0 Å². The number of hydrogen-bond donors (Lipinski definition) is 0. The van der Waals surface area contributed by atoms with Gasteiger partial charge in [-0.1, -0.05) is 30.7 Å². The molecule has 0 spiro atoms. The summed E-state index contributed by atoms with van der Waals surface area (Å²) in [6.45, 7) is 3.98. The van der Waals surface area contributed by atoms with Gasteiger partial charge in [0.15, 0.2) is 5.65 Å². The van der Waals surface area contributed by atoms with E-state index in [0.717, 1.165) is 54.2 Å². The van der Waals surface area contributed by atoms with Crippen molar-refractivity contribution >= 4 is 28.7 Å². The number of nitrogens with zero attached hydrogens (tertiary/aromatic N) is 6. The lowest BCUT2D eigenvalue weighted by Crippen LogP contribution is -2.38. The molecule has 0 aliphatic carbocycles. The molecule has 0 bridgehead atoms. The van der Waals surface area contributed by atoms with E-state index in [4.69, 9.17) is 11.6 Å². The summed E-state index contributed by atoms with van der Waals surface area (Å²) in [5.74, 6) is 1.71. The van der Waals surface area contributed by atoms with Gasteiger partial charge in [0.05, 0.1) is 5.69 Å². The third-order valence-corrected chi connectivity index (χ3v) is 6.18. The molecule has 5 rings (SSSR count). The largest absolute Gasteiger partial charge is 0.343 e. The fraction of sp³-hybridized carbons (Fsp3) is 0.364. The summed E-state index contributed by atoms with van der Waals surface area (Å²) in [7, 11) is 0. The molecule has 154 valence electrons. The van der Waals surface area contributed by atoms with Gasteiger partial charge >= 0.3 is 0 Å². The Bertz CT molecular complexity index is 1200. The first-order chi connectivity index (χ1) is 14.6. The van der Waals surface area contributed by atoms with Crippen LogP contribution < -0.4 is 0 Å². The molecule has 7 nitrogen and oxygen atoms in total. The average Bonchev–Trinajstić information content (AvgIpc) is 3.37. The van der Waals surface area contributed by atoms with Crippen molar-refractivity contribution in [2.24, 2.45) is 5.92 Å². The van der Waals surface area contributed by atoms with Gasteiger partial charge in [0.1, 0.15) is 11.3 Å². The fourth-order valence-electron chi connectivity index (χ4n) is 4.03. The van der Waals surface area contributed by atoms with Crippen molar-refractivity contribution in [2.75, 3.05) is 13.1 Å². The van der Waals surface area contributed by atoms with Crippen LogP contribution in [0.2, 0.25) is 5.02 Å². The van der Waals surface area contributed by atoms with Crippen molar-refractivity contribution < 1.29 is 4.79 Å². The van der Waals surface area contributed by atoms with E-state index in [2.05, 4.69) is 22.2 Å². The molecular weight excluding hydrogens is 400 g/mol. The quantitative estimate of drug-likeness (QED) is 0.500. The number of amides is 1. The Morgan fingerprint density at radius 2 is 1.90 bits per heavy atom. The van der Waals surface area contributed by atoms with Gasteiger partial charge in [0, 0.05) is 48.9 Å². The molecule has 8 heteroatoms. The standard InChI is InChI=1S/C22H23ClN6O/c1-15-8-10-27(11-9-15)21(30)7-6-20-24-25-22-19-14-18(16-2-4-17(23)5-3-16)26-29(19)13-12-28(20)22/h2-5,12-15H,6-11H2,1H3. The van der Waals surface area contributed by atoms with E-state index in [1.165, 1.54) is 0 Å². The molecule has 4 heterocycles. The highest BCUT2D eigenvalue weighted by Gasteiger charge is 2.21. The lowest BCUT2D eigenvalue weighted by atomic mass is 9.99. The summed E-state index contributed by atoms with van der Waals surface area (Å²) in [5.41, 5.74) is 3.44. The van der Waals surface area contributed by atoms with Crippen molar-refractivity contribution in [2.45, 2.75) is 32.6 Å². The molecular formula is C22H23ClN6O. The molecule has 30 heavy (non-hydrogen) atoms. The zero-order valence-corrected chi connectivity index (χ0v) is 17.6. The number of halogens is 1. The first-order valence-corrected chi connectivity index (χ1v) is 10.7. The van der Waals surface area contributed by atoms with Crippen LogP contribution in [0.4, 0.5) is 0 Å². The topological polar surface area (TPSA) is 67.8 Å². The summed E-state index contributed by atoms with van der Waals surface area (Å²) >= 11 is 5.99. The minimum absolute atomic E-state index is 0.203. The molecule has 0 radical (unpaired) electrons. The Balaban J connectivity index is 1.37. The molecule has 1 fully saturated rings. The summed E-state index contributed by atoms with van der Waals surface area (Å²) in [5, 5.41) is 14.1. The Labute approximate surface area is 179 Å². The van der Waals surface area contributed by atoms with Crippen molar-refractivity contribution in [3.63, 3.8) is 0 Å².